The van der Waals surface area contributed by atoms with E-state index in [0.29, 0.717) is 0 Å². The molecule has 0 aliphatic carbocycles. The summed E-state index contributed by atoms with van der Waals surface area (Å²) in [6.07, 6.45) is 0. The number of para-hydroxylation sites is 1. The number of aryl methyl sites for hydroxylation is 1. The molecule has 5 heteroatoms. The molecule has 7 aromatic carbocycles. The number of hydrogen-bond acceptors (Lipinski definition) is 3. The third kappa shape index (κ3) is 6.73. The van der Waals surface area contributed by atoms with Gasteiger partial charge in [-0.3, -0.25) is 0 Å². The van der Waals surface area contributed by atoms with Gasteiger partial charge < -0.3 is 19.1 Å². The van der Waals surface area contributed by atoms with E-state index in [-0.39, 0.29) is 28.4 Å². The maximum absolute atomic E-state index is 7.41. The van der Waals surface area contributed by atoms with Crippen LogP contribution >= 0.6 is 0 Å². The van der Waals surface area contributed by atoms with E-state index in [1.807, 2.05) is 0 Å². The van der Waals surface area contributed by atoms with Gasteiger partial charge >= 0.3 is 0 Å². The number of aromatic nitrogens is 1. The molecular formula is C59H62BN3O. The average molecular weight is 840 g/mol. The van der Waals surface area contributed by atoms with Crippen molar-refractivity contribution in [2.24, 2.45) is 7.05 Å². The molecule has 0 amide bonds. The van der Waals surface area contributed by atoms with Crippen LogP contribution in [0.25, 0.3) is 21.8 Å². The first-order chi connectivity index (χ1) is 30.2. The van der Waals surface area contributed by atoms with Gasteiger partial charge in [-0.1, -0.05) is 156 Å². The lowest BCUT2D eigenvalue weighted by Crippen LogP contribution is -2.59. The predicted molar refractivity (Wildman–Crippen MR) is 276 cm³/mol. The first kappa shape index (κ1) is 41.8. The van der Waals surface area contributed by atoms with E-state index in [1.54, 1.807) is 0 Å². The summed E-state index contributed by atoms with van der Waals surface area (Å²) in [4.78, 5) is 4.95. The Hall–Kier alpha value is -6.20. The Morgan fingerprint density at radius 3 is 1.59 bits per heavy atom. The molecule has 3 heterocycles. The van der Waals surface area contributed by atoms with Crippen molar-refractivity contribution < 1.29 is 4.74 Å². The third-order valence-corrected chi connectivity index (χ3v) is 13.9. The van der Waals surface area contributed by atoms with Crippen LogP contribution in [0.2, 0.25) is 0 Å². The zero-order valence-corrected chi connectivity index (χ0v) is 40.1. The van der Waals surface area contributed by atoms with Crippen LogP contribution in [0.5, 0.6) is 11.5 Å². The second-order valence-corrected chi connectivity index (χ2v) is 22.4. The number of nitrogens with zero attached hydrogens (tertiary/aromatic N) is 3. The van der Waals surface area contributed by atoms with E-state index in [2.05, 4.69) is 244 Å². The minimum atomic E-state index is -0.0900. The SMILES string of the molecule is Cn1c2ccccc2c2c3c(cc(N(c4ccc(C(C)(C)C)cc4)c4ccc(C(C)(C)C)cc4)c21)B1c2cc(C(C)(C)C)ccc2N(c2ccc(C(C)(C)C)cc2)c2cccc(c21)O3. The van der Waals surface area contributed by atoms with Crippen molar-refractivity contribution in [2.75, 3.05) is 9.80 Å². The lowest BCUT2D eigenvalue weighted by molar-refractivity contribution is 0.493. The number of benzene rings is 7. The molecule has 0 saturated carbocycles. The third-order valence-electron chi connectivity index (χ3n) is 13.9. The lowest BCUT2D eigenvalue weighted by Gasteiger charge is -2.41. The van der Waals surface area contributed by atoms with Crippen molar-refractivity contribution >= 4 is 79.0 Å². The molecule has 0 spiro atoms. The van der Waals surface area contributed by atoms with Crippen LogP contribution in [0.4, 0.5) is 34.1 Å². The number of rotatable bonds is 4. The van der Waals surface area contributed by atoms with Crippen LogP contribution in [0.3, 0.4) is 0 Å². The number of ether oxygens (including phenoxy) is 1. The molecule has 0 N–H and O–H groups in total. The highest BCUT2D eigenvalue weighted by molar-refractivity contribution is 6.99. The van der Waals surface area contributed by atoms with Crippen molar-refractivity contribution in [1.82, 2.24) is 4.57 Å². The summed E-state index contributed by atoms with van der Waals surface area (Å²) in [6, 6.07) is 52.8. The molecule has 2 aliphatic heterocycles. The Kier molecular flexibility index (Phi) is 9.41. The maximum atomic E-state index is 7.41. The maximum Gasteiger partial charge on any atom is 0.256 e. The molecule has 64 heavy (non-hydrogen) atoms. The summed E-state index contributed by atoms with van der Waals surface area (Å²) in [5.74, 6) is 1.85. The molecule has 0 unspecified atom stereocenters. The van der Waals surface area contributed by atoms with E-state index >= 15 is 0 Å². The van der Waals surface area contributed by atoms with Gasteiger partial charge in [0.1, 0.15) is 11.5 Å². The Morgan fingerprint density at radius 1 is 0.500 bits per heavy atom. The smallest absolute Gasteiger partial charge is 0.256 e. The van der Waals surface area contributed by atoms with Crippen molar-refractivity contribution in [2.45, 2.75) is 105 Å². The molecule has 10 rings (SSSR count). The fourth-order valence-electron chi connectivity index (χ4n) is 10.2. The van der Waals surface area contributed by atoms with Crippen molar-refractivity contribution in [3.8, 4) is 11.5 Å². The molecule has 1 aromatic heterocycles. The zero-order chi connectivity index (χ0) is 45.2. The molecule has 0 saturated heterocycles. The van der Waals surface area contributed by atoms with E-state index in [4.69, 9.17) is 4.74 Å². The second-order valence-electron chi connectivity index (χ2n) is 22.4. The van der Waals surface area contributed by atoms with Crippen LogP contribution in [0.1, 0.15) is 105 Å². The van der Waals surface area contributed by atoms with Gasteiger partial charge in [0.15, 0.2) is 0 Å². The van der Waals surface area contributed by atoms with Gasteiger partial charge in [0.05, 0.1) is 16.6 Å². The Morgan fingerprint density at radius 2 is 1.03 bits per heavy atom. The fourth-order valence-corrected chi connectivity index (χ4v) is 10.2. The molecule has 8 aromatic rings. The van der Waals surface area contributed by atoms with Gasteiger partial charge in [-0.05, 0) is 127 Å². The van der Waals surface area contributed by atoms with E-state index < -0.39 is 0 Å². The van der Waals surface area contributed by atoms with Gasteiger partial charge in [0, 0.05) is 46.4 Å². The highest BCUT2D eigenvalue weighted by Gasteiger charge is 2.44. The first-order valence-corrected chi connectivity index (χ1v) is 23.1. The molecule has 0 bridgehead atoms. The number of hydrogen-bond donors (Lipinski definition) is 0. The predicted octanol–water partition coefficient (Wildman–Crippen LogP) is 14.4. The van der Waals surface area contributed by atoms with Crippen LogP contribution in [-0.2, 0) is 28.7 Å². The zero-order valence-electron chi connectivity index (χ0n) is 40.1. The average Bonchev–Trinajstić information content (AvgIpc) is 3.55. The Bertz CT molecular complexity index is 3050. The number of anilines is 6. The highest BCUT2D eigenvalue weighted by atomic mass is 16.5. The van der Waals surface area contributed by atoms with Crippen molar-refractivity contribution in [1.29, 1.82) is 0 Å². The molecule has 0 radical (unpaired) electrons. The molecule has 2 aliphatic rings. The fraction of sp³-hybridized carbons (Fsp3) is 0.288. The molecule has 0 atom stereocenters. The summed E-state index contributed by atoms with van der Waals surface area (Å²) < 4.78 is 9.79. The highest BCUT2D eigenvalue weighted by Crippen LogP contribution is 2.49. The summed E-state index contributed by atoms with van der Waals surface area (Å²) in [5, 5.41) is 2.32. The monoisotopic (exact) mass is 839 g/mol. The second kappa shape index (κ2) is 14.4. The standard InChI is InChI=1S/C59H62BN3O/c1-56(2,3)37-21-28-41(29-22-37)62(42-30-23-38(24-31-42)57(4,5)6)50-36-46-55(52-44-17-14-15-18-47(44)61(13)54(50)52)64-51-20-16-19-49-53(51)60(46)45-35-40(59(10,11)12)27-34-48(45)63(49)43-32-25-39(26-33-43)58(7,8)9/h14-36H,1-13H3. The number of fused-ring (bicyclic) bond motifs is 8. The lowest BCUT2D eigenvalue weighted by atomic mass is 9.34. The van der Waals surface area contributed by atoms with Crippen LogP contribution < -0.4 is 30.9 Å². The largest absolute Gasteiger partial charge is 0.458 e. The van der Waals surface area contributed by atoms with E-state index in [0.717, 1.165) is 50.8 Å². The van der Waals surface area contributed by atoms with Crippen LogP contribution in [0.15, 0.2) is 140 Å². The van der Waals surface area contributed by atoms with Crippen LogP contribution in [-0.4, -0.2) is 11.3 Å². The Labute approximate surface area is 381 Å². The molecule has 4 nitrogen and oxygen atoms in total. The van der Waals surface area contributed by atoms with Gasteiger partial charge in [0.25, 0.3) is 6.71 Å². The molecule has 0 fully saturated rings. The summed E-state index contributed by atoms with van der Waals surface area (Å²) in [5.41, 5.74) is 18.1. The van der Waals surface area contributed by atoms with Gasteiger partial charge in [-0.25, -0.2) is 0 Å². The quantitative estimate of drug-likeness (QED) is 0.165. The van der Waals surface area contributed by atoms with Crippen molar-refractivity contribution in [3.05, 3.63) is 162 Å². The normalized spacial score (nSPS) is 13.8. The van der Waals surface area contributed by atoms with Gasteiger partial charge in [0.2, 0.25) is 0 Å². The van der Waals surface area contributed by atoms with Crippen LogP contribution in [0, 0.1) is 0 Å². The summed E-state index contributed by atoms with van der Waals surface area (Å²) in [7, 11) is 2.22. The minimum Gasteiger partial charge on any atom is -0.458 e. The Balaban J connectivity index is 1.29. The molecule has 322 valence electrons. The van der Waals surface area contributed by atoms with Gasteiger partial charge in [-0.15, -0.1) is 0 Å². The van der Waals surface area contributed by atoms with Crippen molar-refractivity contribution in [3.63, 3.8) is 0 Å². The topological polar surface area (TPSA) is 20.6 Å². The summed E-state index contributed by atoms with van der Waals surface area (Å²) >= 11 is 0. The van der Waals surface area contributed by atoms with E-state index in [9.17, 15) is 0 Å². The minimum absolute atomic E-state index is 0.0257. The van der Waals surface area contributed by atoms with Gasteiger partial charge in [-0.2, -0.15) is 0 Å². The molecular weight excluding hydrogens is 777 g/mol. The van der Waals surface area contributed by atoms with E-state index in [1.165, 1.54) is 55.2 Å². The summed E-state index contributed by atoms with van der Waals surface area (Å²) in [6.45, 7) is 27.4. The first-order valence-electron chi connectivity index (χ1n) is 23.1.